The van der Waals surface area contributed by atoms with Gasteiger partial charge in [-0.1, -0.05) is 17.8 Å². The van der Waals surface area contributed by atoms with E-state index in [1.54, 1.807) is 13.0 Å². The molecule has 7 heteroatoms. The van der Waals surface area contributed by atoms with Crippen LogP contribution in [0.2, 0.25) is 0 Å². The highest BCUT2D eigenvalue weighted by Crippen LogP contribution is 2.40. The number of aromatic nitrogens is 4. The van der Waals surface area contributed by atoms with E-state index >= 15 is 0 Å². The number of Topliss-reactive ketones (excluding diaryl/α,β-unsaturated/α-hetero) is 1. The van der Waals surface area contributed by atoms with E-state index in [0.29, 0.717) is 22.8 Å². The second-order valence-corrected chi connectivity index (χ2v) is 8.57. The number of halogens is 1. The van der Waals surface area contributed by atoms with E-state index in [-0.39, 0.29) is 11.6 Å². The van der Waals surface area contributed by atoms with Gasteiger partial charge >= 0.3 is 0 Å². The Morgan fingerprint density at radius 1 is 1.21 bits per heavy atom. The van der Waals surface area contributed by atoms with Gasteiger partial charge in [0.15, 0.2) is 10.9 Å². The molecule has 152 valence electrons. The first-order valence-corrected chi connectivity index (χ1v) is 10.9. The zero-order valence-corrected chi connectivity index (χ0v) is 18.0. The van der Waals surface area contributed by atoms with E-state index in [1.807, 2.05) is 30.5 Å². The summed E-state index contributed by atoms with van der Waals surface area (Å²) < 4.78 is 18.1. The normalized spacial score (nSPS) is 13.8. The maximum atomic E-state index is 14.0. The fraction of sp³-hybridized carbons (Fsp3) is 0.409. The molecule has 4 rings (SSSR count). The standard InChI is InChI=1S/C22H25FN4OS/c1-5-26-21(16-7-8-16)24-25-22(26)29-12-20(28)18-10-14(3)27(15(18)4)17-9-6-13(2)19(23)11-17/h6,9-11,16H,5,7-8,12H2,1-4H3. The quantitative estimate of drug-likeness (QED) is 0.405. The van der Waals surface area contributed by atoms with Crippen LogP contribution in [0.1, 0.15) is 58.8 Å². The number of ketones is 1. The summed E-state index contributed by atoms with van der Waals surface area (Å²) in [7, 11) is 0. The van der Waals surface area contributed by atoms with Crippen LogP contribution in [0.4, 0.5) is 4.39 Å². The Morgan fingerprint density at radius 3 is 2.62 bits per heavy atom. The lowest BCUT2D eigenvalue weighted by Gasteiger charge is -2.11. The first-order valence-electron chi connectivity index (χ1n) is 9.95. The number of rotatable bonds is 7. The molecule has 29 heavy (non-hydrogen) atoms. The van der Waals surface area contributed by atoms with Crippen LogP contribution in [0.25, 0.3) is 5.69 Å². The van der Waals surface area contributed by atoms with Gasteiger partial charge in [-0.15, -0.1) is 10.2 Å². The first-order chi connectivity index (χ1) is 13.9. The molecule has 3 aromatic rings. The molecular formula is C22H25FN4OS. The van der Waals surface area contributed by atoms with Gasteiger partial charge in [0.2, 0.25) is 0 Å². The maximum Gasteiger partial charge on any atom is 0.191 e. The summed E-state index contributed by atoms with van der Waals surface area (Å²) in [5.74, 6) is 1.67. The molecule has 0 bridgehead atoms. The highest BCUT2D eigenvalue weighted by atomic mass is 32.2. The van der Waals surface area contributed by atoms with Gasteiger partial charge in [0, 0.05) is 35.1 Å². The van der Waals surface area contributed by atoms with Crippen LogP contribution in [0.5, 0.6) is 0 Å². The van der Waals surface area contributed by atoms with Gasteiger partial charge in [0.25, 0.3) is 0 Å². The number of carbonyl (C=O) groups excluding carboxylic acids is 1. The average molecular weight is 413 g/mol. The first kappa shape index (κ1) is 19.9. The third kappa shape index (κ3) is 3.75. The van der Waals surface area contributed by atoms with Crippen LogP contribution >= 0.6 is 11.8 Å². The minimum absolute atomic E-state index is 0.0422. The summed E-state index contributed by atoms with van der Waals surface area (Å²) in [6.07, 6.45) is 2.35. The Balaban J connectivity index is 1.55. The smallest absolute Gasteiger partial charge is 0.191 e. The Hall–Kier alpha value is -2.41. The minimum atomic E-state index is -0.246. The van der Waals surface area contributed by atoms with Crippen LogP contribution in [-0.2, 0) is 6.54 Å². The van der Waals surface area contributed by atoms with E-state index in [2.05, 4.69) is 21.7 Å². The summed E-state index contributed by atoms with van der Waals surface area (Å²) in [5, 5.41) is 9.44. The Labute approximate surface area is 174 Å². The number of benzene rings is 1. The number of hydrogen-bond donors (Lipinski definition) is 0. The van der Waals surface area contributed by atoms with Crippen molar-refractivity contribution in [3.05, 3.63) is 58.4 Å². The van der Waals surface area contributed by atoms with Gasteiger partial charge in [0.1, 0.15) is 11.6 Å². The maximum absolute atomic E-state index is 14.0. The molecule has 0 N–H and O–H groups in total. The summed E-state index contributed by atoms with van der Waals surface area (Å²) in [5.41, 5.74) is 3.74. The van der Waals surface area contributed by atoms with Crippen LogP contribution in [0.3, 0.4) is 0 Å². The minimum Gasteiger partial charge on any atom is -0.318 e. The van der Waals surface area contributed by atoms with Crippen molar-refractivity contribution in [3.8, 4) is 5.69 Å². The Morgan fingerprint density at radius 2 is 1.97 bits per heavy atom. The highest BCUT2D eigenvalue weighted by molar-refractivity contribution is 7.99. The fourth-order valence-electron chi connectivity index (χ4n) is 3.72. The molecule has 0 amide bonds. The zero-order chi connectivity index (χ0) is 20.7. The Bertz CT molecular complexity index is 1080. The molecule has 1 aliphatic carbocycles. The number of thioether (sulfide) groups is 1. The lowest BCUT2D eigenvalue weighted by molar-refractivity contribution is 0.102. The molecule has 1 aromatic carbocycles. The van der Waals surface area contributed by atoms with Crippen LogP contribution < -0.4 is 0 Å². The van der Waals surface area contributed by atoms with Crippen molar-refractivity contribution in [1.82, 2.24) is 19.3 Å². The number of aryl methyl sites for hydroxylation is 2. The number of carbonyl (C=O) groups is 1. The van der Waals surface area contributed by atoms with Crippen molar-refractivity contribution in [3.63, 3.8) is 0 Å². The molecule has 0 unspecified atom stereocenters. The zero-order valence-electron chi connectivity index (χ0n) is 17.2. The van der Waals surface area contributed by atoms with Crippen LogP contribution in [-0.4, -0.2) is 30.9 Å². The summed E-state index contributed by atoms with van der Waals surface area (Å²) in [6.45, 7) is 8.47. The molecule has 1 fully saturated rings. The molecule has 0 aliphatic heterocycles. The van der Waals surface area contributed by atoms with Crippen molar-refractivity contribution in [2.75, 3.05) is 5.75 Å². The molecule has 5 nitrogen and oxygen atoms in total. The molecule has 2 aromatic heterocycles. The monoisotopic (exact) mass is 412 g/mol. The van der Waals surface area contributed by atoms with E-state index in [9.17, 15) is 9.18 Å². The van der Waals surface area contributed by atoms with E-state index in [0.717, 1.165) is 34.6 Å². The molecule has 0 saturated heterocycles. The molecule has 0 radical (unpaired) electrons. The lowest BCUT2D eigenvalue weighted by Crippen LogP contribution is -2.07. The largest absolute Gasteiger partial charge is 0.318 e. The van der Waals surface area contributed by atoms with E-state index < -0.39 is 0 Å². The van der Waals surface area contributed by atoms with Gasteiger partial charge in [-0.05, 0) is 64.3 Å². The number of nitrogens with zero attached hydrogens (tertiary/aromatic N) is 4. The van der Waals surface area contributed by atoms with Crippen LogP contribution in [0.15, 0.2) is 29.4 Å². The summed E-state index contributed by atoms with van der Waals surface area (Å²) in [4.78, 5) is 12.9. The molecular weight excluding hydrogens is 387 g/mol. The summed E-state index contributed by atoms with van der Waals surface area (Å²) in [6, 6.07) is 7.04. The second kappa shape index (κ2) is 7.78. The van der Waals surface area contributed by atoms with Gasteiger partial charge < -0.3 is 9.13 Å². The second-order valence-electron chi connectivity index (χ2n) is 7.62. The predicted octanol–water partition coefficient (Wildman–Crippen LogP) is 5.01. The highest BCUT2D eigenvalue weighted by Gasteiger charge is 2.30. The third-order valence-electron chi connectivity index (χ3n) is 5.48. The van der Waals surface area contributed by atoms with Gasteiger partial charge in [-0.3, -0.25) is 4.79 Å². The average Bonchev–Trinajstić information content (AvgIpc) is 3.39. The van der Waals surface area contributed by atoms with Gasteiger partial charge in [-0.2, -0.15) is 0 Å². The fourth-order valence-corrected chi connectivity index (χ4v) is 4.61. The van der Waals surface area contributed by atoms with E-state index in [4.69, 9.17) is 0 Å². The summed E-state index contributed by atoms with van der Waals surface area (Å²) >= 11 is 1.44. The lowest BCUT2D eigenvalue weighted by atomic mass is 10.2. The van der Waals surface area contributed by atoms with Gasteiger partial charge in [0.05, 0.1) is 5.75 Å². The van der Waals surface area contributed by atoms with Gasteiger partial charge in [-0.25, -0.2) is 4.39 Å². The van der Waals surface area contributed by atoms with Crippen molar-refractivity contribution in [2.45, 2.75) is 58.2 Å². The number of hydrogen-bond acceptors (Lipinski definition) is 4. The van der Waals surface area contributed by atoms with Crippen molar-refractivity contribution >= 4 is 17.5 Å². The SMILES string of the molecule is CCn1c(SCC(=O)c2cc(C)n(-c3ccc(C)c(F)c3)c2C)nnc1C1CC1. The third-order valence-corrected chi connectivity index (χ3v) is 6.45. The Kier molecular flexibility index (Phi) is 5.34. The molecule has 0 spiro atoms. The van der Waals surface area contributed by atoms with Crippen molar-refractivity contribution in [2.24, 2.45) is 0 Å². The van der Waals surface area contributed by atoms with Crippen molar-refractivity contribution in [1.29, 1.82) is 0 Å². The molecule has 2 heterocycles. The molecule has 1 aliphatic rings. The topological polar surface area (TPSA) is 52.7 Å². The van der Waals surface area contributed by atoms with Crippen molar-refractivity contribution < 1.29 is 9.18 Å². The molecule has 1 saturated carbocycles. The predicted molar refractivity (Wildman–Crippen MR) is 113 cm³/mol. The van der Waals surface area contributed by atoms with Crippen LogP contribution in [0, 0.1) is 26.6 Å². The molecule has 0 atom stereocenters. The van der Waals surface area contributed by atoms with E-state index in [1.165, 1.54) is 30.7 Å².